The number of carbonyl (C=O) groups is 1. The van der Waals surface area contributed by atoms with Crippen molar-refractivity contribution < 1.29 is 14.3 Å². The van der Waals surface area contributed by atoms with Gasteiger partial charge < -0.3 is 19.7 Å². The molecule has 1 fully saturated rings. The number of hydrogen-bond acceptors (Lipinski definition) is 8. The van der Waals surface area contributed by atoms with Gasteiger partial charge in [0.1, 0.15) is 0 Å². The number of ether oxygens (including phenoxy) is 2. The van der Waals surface area contributed by atoms with Crippen LogP contribution in [0.1, 0.15) is 12.8 Å². The Morgan fingerprint density at radius 3 is 2.77 bits per heavy atom. The second-order valence-corrected chi connectivity index (χ2v) is 7.79. The highest BCUT2D eigenvalue weighted by molar-refractivity contribution is 7.14. The number of anilines is 2. The van der Waals surface area contributed by atoms with Gasteiger partial charge >= 0.3 is 0 Å². The van der Waals surface area contributed by atoms with E-state index in [0.29, 0.717) is 29.1 Å². The van der Waals surface area contributed by atoms with Gasteiger partial charge in [-0.2, -0.15) is 0 Å². The first-order valence-corrected chi connectivity index (χ1v) is 10.6. The highest BCUT2D eigenvalue weighted by Crippen LogP contribution is 2.33. The minimum Gasteiger partial charge on any atom is -0.493 e. The number of benzene rings is 1. The number of nitrogens with one attached hydrogen (secondary N) is 1. The van der Waals surface area contributed by atoms with E-state index in [9.17, 15) is 4.79 Å². The lowest BCUT2D eigenvalue weighted by Crippen LogP contribution is -2.41. The number of methoxy groups -OCH3 is 2. The standard InChI is InChI=1S/C21H23N5O3S/c1-28-17-7-6-14(11-18(17)29-2)16-13-30-21(24-16)25-19(27)15-5-3-10-26(12-15)20-22-8-4-9-23-20/h4,6-9,11,13,15H,3,5,10,12H2,1-2H3,(H,24,25,27). The highest BCUT2D eigenvalue weighted by atomic mass is 32.1. The molecule has 1 aliphatic heterocycles. The average Bonchev–Trinajstić information content (AvgIpc) is 3.27. The molecule has 0 aliphatic carbocycles. The molecule has 1 amide bonds. The molecule has 9 heteroatoms. The molecule has 1 atom stereocenters. The van der Waals surface area contributed by atoms with E-state index in [1.165, 1.54) is 11.3 Å². The molecule has 3 heterocycles. The summed E-state index contributed by atoms with van der Waals surface area (Å²) in [5.74, 6) is 1.81. The second kappa shape index (κ2) is 9.08. The first-order chi connectivity index (χ1) is 14.7. The lowest BCUT2D eigenvalue weighted by Gasteiger charge is -2.31. The van der Waals surface area contributed by atoms with Gasteiger partial charge in [0.2, 0.25) is 11.9 Å². The number of piperidine rings is 1. The summed E-state index contributed by atoms with van der Waals surface area (Å²) in [4.78, 5) is 28.1. The van der Waals surface area contributed by atoms with E-state index in [2.05, 4.69) is 25.2 Å². The maximum Gasteiger partial charge on any atom is 0.231 e. The van der Waals surface area contributed by atoms with Gasteiger partial charge in [-0.15, -0.1) is 11.3 Å². The monoisotopic (exact) mass is 425 g/mol. The third-order valence-electron chi connectivity index (χ3n) is 5.04. The topological polar surface area (TPSA) is 89.5 Å². The zero-order valence-electron chi connectivity index (χ0n) is 16.9. The summed E-state index contributed by atoms with van der Waals surface area (Å²) in [6.45, 7) is 1.46. The summed E-state index contributed by atoms with van der Waals surface area (Å²) in [6, 6.07) is 7.42. The van der Waals surface area contributed by atoms with E-state index in [1.54, 1.807) is 32.7 Å². The van der Waals surface area contributed by atoms with Crippen molar-refractivity contribution in [3.05, 3.63) is 42.0 Å². The van der Waals surface area contributed by atoms with E-state index < -0.39 is 0 Å². The van der Waals surface area contributed by atoms with Crippen molar-refractivity contribution in [1.82, 2.24) is 15.0 Å². The Bertz CT molecular complexity index is 1010. The predicted octanol–water partition coefficient (Wildman–Crippen LogP) is 3.47. The van der Waals surface area contributed by atoms with Crippen LogP contribution in [0, 0.1) is 5.92 Å². The van der Waals surface area contributed by atoms with Crippen LogP contribution in [0.2, 0.25) is 0 Å². The smallest absolute Gasteiger partial charge is 0.231 e. The fourth-order valence-corrected chi connectivity index (χ4v) is 4.22. The van der Waals surface area contributed by atoms with Gasteiger partial charge in [-0.1, -0.05) is 0 Å². The third kappa shape index (κ3) is 4.35. The number of thiazole rings is 1. The molecule has 1 saturated heterocycles. The van der Waals surface area contributed by atoms with Crippen LogP contribution in [0.25, 0.3) is 11.3 Å². The number of aromatic nitrogens is 3. The Balaban J connectivity index is 1.43. The minimum atomic E-state index is -0.129. The normalized spacial score (nSPS) is 16.2. The van der Waals surface area contributed by atoms with Crippen LogP contribution in [0.3, 0.4) is 0 Å². The van der Waals surface area contributed by atoms with Gasteiger partial charge in [0.05, 0.1) is 25.8 Å². The van der Waals surface area contributed by atoms with Gasteiger partial charge in [0.25, 0.3) is 0 Å². The molecule has 8 nitrogen and oxygen atoms in total. The molecular weight excluding hydrogens is 402 g/mol. The third-order valence-corrected chi connectivity index (χ3v) is 5.80. The Kier molecular flexibility index (Phi) is 6.08. The molecule has 1 aliphatic rings. The molecule has 1 unspecified atom stereocenters. The molecule has 2 aromatic heterocycles. The maximum absolute atomic E-state index is 12.8. The zero-order chi connectivity index (χ0) is 20.9. The minimum absolute atomic E-state index is 0.0242. The lowest BCUT2D eigenvalue weighted by molar-refractivity contribution is -0.120. The molecular formula is C21H23N5O3S. The van der Waals surface area contributed by atoms with E-state index in [0.717, 1.165) is 30.6 Å². The number of nitrogens with zero attached hydrogens (tertiary/aromatic N) is 4. The van der Waals surface area contributed by atoms with Gasteiger partial charge in [-0.3, -0.25) is 4.79 Å². The van der Waals surface area contributed by atoms with E-state index in [-0.39, 0.29) is 11.8 Å². The van der Waals surface area contributed by atoms with Crippen molar-refractivity contribution in [2.75, 3.05) is 37.5 Å². The highest BCUT2D eigenvalue weighted by Gasteiger charge is 2.27. The fourth-order valence-electron chi connectivity index (χ4n) is 3.49. The van der Waals surface area contributed by atoms with Gasteiger partial charge in [-0.05, 0) is 37.1 Å². The first kappa shape index (κ1) is 20.1. The molecule has 1 aromatic carbocycles. The Morgan fingerprint density at radius 2 is 2.00 bits per heavy atom. The van der Waals surface area contributed by atoms with Gasteiger partial charge in [-0.25, -0.2) is 15.0 Å². The molecule has 0 saturated carbocycles. The molecule has 0 bridgehead atoms. The van der Waals surface area contributed by atoms with E-state index in [4.69, 9.17) is 9.47 Å². The second-order valence-electron chi connectivity index (χ2n) is 6.93. The van der Waals surface area contributed by atoms with Crippen molar-refractivity contribution in [3.63, 3.8) is 0 Å². The van der Waals surface area contributed by atoms with E-state index in [1.807, 2.05) is 23.6 Å². The molecule has 30 heavy (non-hydrogen) atoms. The lowest BCUT2D eigenvalue weighted by atomic mass is 9.97. The molecule has 0 spiro atoms. The number of amides is 1. The van der Waals surface area contributed by atoms with Crippen LogP contribution in [0.4, 0.5) is 11.1 Å². The summed E-state index contributed by atoms with van der Waals surface area (Å²) in [6.07, 6.45) is 5.20. The van der Waals surface area contributed by atoms with Crippen LogP contribution >= 0.6 is 11.3 Å². The van der Waals surface area contributed by atoms with Gasteiger partial charge in [0.15, 0.2) is 16.6 Å². The molecule has 156 valence electrons. The summed E-state index contributed by atoms with van der Waals surface area (Å²) in [5, 5.41) is 5.47. The van der Waals surface area contributed by atoms with Crippen molar-refractivity contribution in [3.8, 4) is 22.8 Å². The Morgan fingerprint density at radius 1 is 1.20 bits per heavy atom. The van der Waals surface area contributed by atoms with Crippen LogP contribution in [-0.4, -0.2) is 48.2 Å². The Hall–Kier alpha value is -3.20. The Labute approximate surface area is 178 Å². The average molecular weight is 426 g/mol. The largest absolute Gasteiger partial charge is 0.493 e. The van der Waals surface area contributed by atoms with Crippen LogP contribution in [0.5, 0.6) is 11.5 Å². The molecule has 0 radical (unpaired) electrons. The van der Waals surface area contributed by atoms with Crippen LogP contribution in [-0.2, 0) is 4.79 Å². The quantitative estimate of drug-likeness (QED) is 0.647. The predicted molar refractivity (Wildman–Crippen MR) is 116 cm³/mol. The summed E-state index contributed by atoms with van der Waals surface area (Å²) < 4.78 is 10.6. The first-order valence-electron chi connectivity index (χ1n) is 9.68. The fraction of sp³-hybridized carbons (Fsp3) is 0.333. The summed E-state index contributed by atoms with van der Waals surface area (Å²) >= 11 is 1.40. The van der Waals surface area contributed by atoms with Crippen LogP contribution in [0.15, 0.2) is 42.0 Å². The van der Waals surface area contributed by atoms with Crippen LogP contribution < -0.4 is 19.7 Å². The summed E-state index contributed by atoms with van der Waals surface area (Å²) in [7, 11) is 3.20. The number of hydrogen-bond donors (Lipinski definition) is 1. The van der Waals surface area contributed by atoms with Gasteiger partial charge in [0, 0.05) is 36.4 Å². The number of rotatable bonds is 6. The number of carbonyl (C=O) groups excluding carboxylic acids is 1. The molecule has 1 N–H and O–H groups in total. The molecule has 4 rings (SSSR count). The molecule has 3 aromatic rings. The zero-order valence-corrected chi connectivity index (χ0v) is 17.7. The summed E-state index contributed by atoms with van der Waals surface area (Å²) in [5.41, 5.74) is 1.67. The van der Waals surface area contributed by atoms with Crippen molar-refractivity contribution >= 4 is 28.3 Å². The van der Waals surface area contributed by atoms with Crippen molar-refractivity contribution in [1.29, 1.82) is 0 Å². The van der Waals surface area contributed by atoms with E-state index >= 15 is 0 Å². The maximum atomic E-state index is 12.8. The SMILES string of the molecule is COc1ccc(-c2csc(NC(=O)C3CCCN(c4ncccn4)C3)n2)cc1OC. The van der Waals surface area contributed by atoms with Crippen molar-refractivity contribution in [2.24, 2.45) is 5.92 Å². The van der Waals surface area contributed by atoms with Crippen molar-refractivity contribution in [2.45, 2.75) is 12.8 Å².